The third kappa shape index (κ3) is 3.05. The second-order valence-corrected chi connectivity index (χ2v) is 6.92. The van der Waals surface area contributed by atoms with Crippen LogP contribution in [0.1, 0.15) is 32.6 Å². The van der Waals surface area contributed by atoms with Crippen LogP contribution in [0.4, 0.5) is 0 Å². The monoisotopic (exact) mass is 254 g/mol. The third-order valence-electron chi connectivity index (χ3n) is 4.62. The molecule has 3 rings (SSSR count). The second kappa shape index (κ2) is 4.75. The van der Waals surface area contributed by atoms with Crippen LogP contribution < -0.4 is 5.32 Å². The molecule has 1 saturated carbocycles. The van der Waals surface area contributed by atoms with Crippen molar-refractivity contribution in [1.29, 1.82) is 0 Å². The number of hydrogen-bond acceptors (Lipinski definition) is 4. The lowest BCUT2D eigenvalue weighted by molar-refractivity contribution is 0.0574. The minimum absolute atomic E-state index is 0.281. The van der Waals surface area contributed by atoms with Gasteiger partial charge in [0.25, 0.3) is 0 Å². The molecule has 104 valence electrons. The largest absolute Gasteiger partial charge is 0.389 e. The van der Waals surface area contributed by atoms with Crippen molar-refractivity contribution < 1.29 is 9.84 Å². The second-order valence-electron chi connectivity index (χ2n) is 6.92. The molecule has 0 aromatic rings. The van der Waals surface area contributed by atoms with Crippen molar-refractivity contribution in [2.45, 2.75) is 44.2 Å². The topological polar surface area (TPSA) is 44.7 Å². The van der Waals surface area contributed by atoms with Crippen LogP contribution in [-0.4, -0.2) is 61.0 Å². The molecule has 3 fully saturated rings. The first kappa shape index (κ1) is 12.9. The normalized spacial score (nSPS) is 41.7. The molecule has 0 bridgehead atoms. The first-order valence-electron chi connectivity index (χ1n) is 7.33. The Morgan fingerprint density at radius 1 is 1.39 bits per heavy atom. The predicted molar refractivity (Wildman–Crippen MR) is 70.6 cm³/mol. The summed E-state index contributed by atoms with van der Waals surface area (Å²) in [6.07, 6.45) is 4.75. The molecule has 4 heteroatoms. The van der Waals surface area contributed by atoms with E-state index in [4.69, 9.17) is 4.74 Å². The summed E-state index contributed by atoms with van der Waals surface area (Å²) in [5.74, 6) is 0. The van der Waals surface area contributed by atoms with Crippen LogP contribution in [0, 0.1) is 5.41 Å². The number of hydrogen-bond donors (Lipinski definition) is 2. The lowest BCUT2D eigenvalue weighted by Gasteiger charge is -2.33. The molecule has 2 unspecified atom stereocenters. The van der Waals surface area contributed by atoms with Gasteiger partial charge in [-0.2, -0.15) is 0 Å². The van der Waals surface area contributed by atoms with Crippen LogP contribution in [0.2, 0.25) is 0 Å². The lowest BCUT2D eigenvalue weighted by Crippen LogP contribution is -2.45. The average molecular weight is 254 g/mol. The van der Waals surface area contributed by atoms with Crippen molar-refractivity contribution >= 4 is 0 Å². The molecule has 2 saturated heterocycles. The molecule has 18 heavy (non-hydrogen) atoms. The third-order valence-corrected chi connectivity index (χ3v) is 4.62. The highest BCUT2D eigenvalue weighted by atomic mass is 16.5. The molecule has 4 nitrogen and oxygen atoms in total. The standard InChI is InChI=1S/C14H26N2O2/c1-13(17)4-6-16(9-13)10-14(5-7-18-11-14)8-15-12-2-3-12/h12,15,17H,2-11H2,1H3. The van der Waals surface area contributed by atoms with E-state index in [0.717, 1.165) is 58.3 Å². The van der Waals surface area contributed by atoms with E-state index in [1.54, 1.807) is 0 Å². The van der Waals surface area contributed by atoms with E-state index in [-0.39, 0.29) is 5.41 Å². The fraction of sp³-hybridized carbons (Fsp3) is 1.00. The van der Waals surface area contributed by atoms with E-state index in [1.807, 2.05) is 6.92 Å². The van der Waals surface area contributed by atoms with Gasteiger partial charge in [0.15, 0.2) is 0 Å². The minimum atomic E-state index is -0.482. The summed E-state index contributed by atoms with van der Waals surface area (Å²) in [6.45, 7) is 7.73. The van der Waals surface area contributed by atoms with Crippen molar-refractivity contribution in [3.63, 3.8) is 0 Å². The van der Waals surface area contributed by atoms with Gasteiger partial charge < -0.3 is 15.2 Å². The molecule has 0 aromatic carbocycles. The van der Waals surface area contributed by atoms with Gasteiger partial charge in [-0.1, -0.05) is 0 Å². The van der Waals surface area contributed by atoms with Crippen LogP contribution in [0.3, 0.4) is 0 Å². The molecule has 2 atom stereocenters. The number of likely N-dealkylation sites (tertiary alicyclic amines) is 1. The summed E-state index contributed by atoms with van der Waals surface area (Å²) in [7, 11) is 0. The molecule has 0 aromatic heterocycles. The highest BCUT2D eigenvalue weighted by molar-refractivity contribution is 4.95. The zero-order chi connectivity index (χ0) is 12.6. The van der Waals surface area contributed by atoms with E-state index in [0.29, 0.717) is 0 Å². The highest BCUT2D eigenvalue weighted by Gasteiger charge is 2.41. The number of nitrogens with zero attached hydrogens (tertiary/aromatic N) is 1. The van der Waals surface area contributed by atoms with Gasteiger partial charge in [-0.25, -0.2) is 0 Å². The van der Waals surface area contributed by atoms with Crippen LogP contribution in [0.15, 0.2) is 0 Å². The maximum absolute atomic E-state index is 10.1. The maximum atomic E-state index is 10.1. The van der Waals surface area contributed by atoms with Gasteiger partial charge in [-0.3, -0.25) is 4.90 Å². The van der Waals surface area contributed by atoms with Crippen LogP contribution in [0.5, 0.6) is 0 Å². The van der Waals surface area contributed by atoms with Crippen molar-refractivity contribution in [2.24, 2.45) is 5.41 Å². The minimum Gasteiger partial charge on any atom is -0.389 e. The molecular weight excluding hydrogens is 228 g/mol. The predicted octanol–water partition coefficient (Wildman–Crippen LogP) is 0.602. The molecule has 2 N–H and O–H groups in total. The summed E-state index contributed by atoms with van der Waals surface area (Å²) < 4.78 is 5.65. The van der Waals surface area contributed by atoms with Gasteiger partial charge in [0.1, 0.15) is 0 Å². The van der Waals surface area contributed by atoms with Gasteiger partial charge in [0, 0.05) is 44.2 Å². The molecule has 3 aliphatic rings. The molecule has 2 heterocycles. The molecule has 1 aliphatic carbocycles. The maximum Gasteiger partial charge on any atom is 0.0758 e. The van der Waals surface area contributed by atoms with E-state index < -0.39 is 5.60 Å². The summed E-state index contributed by atoms with van der Waals surface area (Å²) >= 11 is 0. The summed E-state index contributed by atoms with van der Waals surface area (Å²) in [4.78, 5) is 2.42. The number of ether oxygens (including phenoxy) is 1. The Bertz CT molecular complexity index is 296. The first-order chi connectivity index (χ1) is 8.57. The van der Waals surface area contributed by atoms with E-state index in [1.165, 1.54) is 12.8 Å². The fourth-order valence-electron chi connectivity index (χ4n) is 3.27. The van der Waals surface area contributed by atoms with Crippen LogP contribution in [-0.2, 0) is 4.74 Å². The Kier molecular flexibility index (Phi) is 3.39. The highest BCUT2D eigenvalue weighted by Crippen LogP contribution is 2.33. The van der Waals surface area contributed by atoms with E-state index >= 15 is 0 Å². The summed E-state index contributed by atoms with van der Waals surface area (Å²) in [6, 6.07) is 0.768. The van der Waals surface area contributed by atoms with Crippen molar-refractivity contribution in [3.05, 3.63) is 0 Å². The number of aliphatic hydroxyl groups is 1. The molecule has 0 radical (unpaired) electrons. The van der Waals surface area contributed by atoms with E-state index in [2.05, 4.69) is 10.2 Å². The van der Waals surface area contributed by atoms with E-state index in [9.17, 15) is 5.11 Å². The Balaban J connectivity index is 1.55. The van der Waals surface area contributed by atoms with Crippen LogP contribution in [0.25, 0.3) is 0 Å². The Morgan fingerprint density at radius 3 is 2.78 bits per heavy atom. The van der Waals surface area contributed by atoms with Crippen molar-refractivity contribution in [2.75, 3.05) is 39.4 Å². The Morgan fingerprint density at radius 2 is 2.22 bits per heavy atom. The van der Waals surface area contributed by atoms with Gasteiger partial charge in [-0.05, 0) is 32.6 Å². The van der Waals surface area contributed by atoms with Crippen molar-refractivity contribution in [3.8, 4) is 0 Å². The Labute approximate surface area is 110 Å². The van der Waals surface area contributed by atoms with Gasteiger partial charge in [-0.15, -0.1) is 0 Å². The first-order valence-corrected chi connectivity index (χ1v) is 7.33. The quantitative estimate of drug-likeness (QED) is 0.754. The van der Waals surface area contributed by atoms with Gasteiger partial charge in [0.2, 0.25) is 0 Å². The van der Waals surface area contributed by atoms with Crippen LogP contribution >= 0.6 is 0 Å². The Hall–Kier alpha value is -0.160. The average Bonchev–Trinajstić information content (AvgIpc) is 2.94. The lowest BCUT2D eigenvalue weighted by atomic mass is 9.86. The summed E-state index contributed by atoms with van der Waals surface area (Å²) in [5, 5.41) is 13.7. The number of nitrogens with one attached hydrogen (secondary N) is 1. The fourth-order valence-corrected chi connectivity index (χ4v) is 3.27. The van der Waals surface area contributed by atoms with Gasteiger partial charge in [0.05, 0.1) is 12.2 Å². The zero-order valence-corrected chi connectivity index (χ0v) is 11.5. The molecular formula is C14H26N2O2. The molecule has 0 spiro atoms. The SMILES string of the molecule is CC1(O)CCN(CC2(CNC3CC3)CCOC2)C1. The molecule has 2 aliphatic heterocycles. The smallest absolute Gasteiger partial charge is 0.0758 e. The number of β-amino-alcohol motifs (C(OH)–C–C–N with tert-alkyl or cyclic N) is 1. The van der Waals surface area contributed by atoms with Crippen molar-refractivity contribution in [1.82, 2.24) is 10.2 Å². The summed E-state index contributed by atoms with van der Waals surface area (Å²) in [5.41, 5.74) is -0.201. The molecule has 0 amide bonds. The zero-order valence-electron chi connectivity index (χ0n) is 11.5. The number of rotatable bonds is 5. The van der Waals surface area contributed by atoms with Gasteiger partial charge >= 0.3 is 0 Å².